The SMILES string of the molecule is O=C1[C@H]2C[C@H]3C[C@@H](C2)[C@@H](I)[C@H]1C3. The molecule has 4 rings (SSSR count). The molecule has 4 aliphatic rings. The summed E-state index contributed by atoms with van der Waals surface area (Å²) < 4.78 is 0.683. The average molecular weight is 276 g/mol. The molecule has 2 heteroatoms. The second-order valence-electron chi connectivity index (χ2n) is 4.72. The summed E-state index contributed by atoms with van der Waals surface area (Å²) >= 11 is 2.52. The Morgan fingerprint density at radius 2 is 2.00 bits per heavy atom. The quantitative estimate of drug-likeness (QED) is 0.490. The molecule has 0 N–H and O–H groups in total. The van der Waals surface area contributed by atoms with E-state index in [1.165, 1.54) is 25.7 Å². The Bertz CT molecular complexity index is 238. The second-order valence-corrected chi connectivity index (χ2v) is 6.16. The maximum atomic E-state index is 11.8. The molecule has 66 valence electrons. The fourth-order valence-corrected chi connectivity index (χ4v) is 4.80. The lowest BCUT2D eigenvalue weighted by atomic mass is 9.56. The van der Waals surface area contributed by atoms with Gasteiger partial charge in [0.15, 0.2) is 0 Å². The van der Waals surface area contributed by atoms with Crippen molar-refractivity contribution in [3.05, 3.63) is 0 Å². The van der Waals surface area contributed by atoms with Gasteiger partial charge in [-0.05, 0) is 37.5 Å². The van der Waals surface area contributed by atoms with Crippen LogP contribution in [0.1, 0.15) is 25.7 Å². The van der Waals surface area contributed by atoms with Gasteiger partial charge in [-0.1, -0.05) is 22.6 Å². The van der Waals surface area contributed by atoms with E-state index >= 15 is 0 Å². The summed E-state index contributed by atoms with van der Waals surface area (Å²) in [7, 11) is 0. The first-order chi connectivity index (χ1) is 5.75. The van der Waals surface area contributed by atoms with Crippen molar-refractivity contribution in [3.8, 4) is 0 Å². The Hall–Kier alpha value is 0.400. The van der Waals surface area contributed by atoms with Gasteiger partial charge < -0.3 is 0 Å². The maximum absolute atomic E-state index is 11.8. The third-order valence-corrected chi connectivity index (χ3v) is 5.92. The van der Waals surface area contributed by atoms with Gasteiger partial charge in [-0.25, -0.2) is 0 Å². The Morgan fingerprint density at radius 1 is 1.17 bits per heavy atom. The van der Waals surface area contributed by atoms with E-state index in [-0.39, 0.29) is 0 Å². The molecule has 0 spiro atoms. The number of ketones is 1. The fourth-order valence-electron chi connectivity index (χ4n) is 3.56. The van der Waals surface area contributed by atoms with Crippen LogP contribution in [-0.2, 0) is 4.79 Å². The molecule has 5 atom stereocenters. The van der Waals surface area contributed by atoms with Crippen LogP contribution >= 0.6 is 22.6 Å². The molecule has 0 unspecified atom stereocenters. The van der Waals surface area contributed by atoms with Crippen LogP contribution in [0, 0.1) is 23.7 Å². The summed E-state index contributed by atoms with van der Waals surface area (Å²) in [6, 6.07) is 0. The second kappa shape index (κ2) is 2.46. The number of carbonyl (C=O) groups excluding carboxylic acids is 1. The summed E-state index contributed by atoms with van der Waals surface area (Å²) in [5, 5.41) is 0. The minimum absolute atomic E-state index is 0.460. The molecular weight excluding hydrogens is 263 g/mol. The number of carbonyl (C=O) groups is 1. The van der Waals surface area contributed by atoms with Gasteiger partial charge in [0, 0.05) is 15.8 Å². The first-order valence-electron chi connectivity index (χ1n) is 4.93. The van der Waals surface area contributed by atoms with Crippen LogP contribution in [0.4, 0.5) is 0 Å². The monoisotopic (exact) mass is 276 g/mol. The molecule has 0 heterocycles. The lowest BCUT2D eigenvalue weighted by molar-refractivity contribution is -0.138. The number of rotatable bonds is 0. The molecule has 0 aliphatic heterocycles. The van der Waals surface area contributed by atoms with Crippen LogP contribution < -0.4 is 0 Å². The van der Waals surface area contributed by atoms with Gasteiger partial charge in [0.25, 0.3) is 0 Å². The molecule has 4 bridgehead atoms. The molecule has 0 radical (unpaired) electrons. The molecule has 0 aromatic carbocycles. The van der Waals surface area contributed by atoms with Crippen LogP contribution in [0.5, 0.6) is 0 Å². The number of Topliss-reactive ketones (excluding diaryl/α,β-unsaturated/α-hetero) is 1. The molecule has 0 aromatic rings. The van der Waals surface area contributed by atoms with Gasteiger partial charge in [0.1, 0.15) is 5.78 Å². The maximum Gasteiger partial charge on any atom is 0.140 e. The molecule has 4 aliphatic carbocycles. The third-order valence-electron chi connectivity index (χ3n) is 4.03. The van der Waals surface area contributed by atoms with E-state index in [4.69, 9.17) is 0 Å². The number of alkyl halides is 1. The van der Waals surface area contributed by atoms with Gasteiger partial charge in [0.05, 0.1) is 0 Å². The van der Waals surface area contributed by atoms with Crippen molar-refractivity contribution in [2.45, 2.75) is 29.6 Å². The lowest BCUT2D eigenvalue weighted by Crippen LogP contribution is -2.51. The van der Waals surface area contributed by atoms with E-state index in [0.29, 0.717) is 21.5 Å². The predicted molar refractivity (Wildman–Crippen MR) is 55.2 cm³/mol. The Morgan fingerprint density at radius 3 is 2.83 bits per heavy atom. The van der Waals surface area contributed by atoms with Crippen molar-refractivity contribution < 1.29 is 4.79 Å². The predicted octanol–water partition coefficient (Wildman–Crippen LogP) is 2.43. The molecule has 1 nitrogen and oxygen atoms in total. The average Bonchev–Trinajstić information content (AvgIpc) is 2.07. The Kier molecular flexibility index (Phi) is 1.59. The van der Waals surface area contributed by atoms with Gasteiger partial charge in [-0.2, -0.15) is 0 Å². The van der Waals surface area contributed by atoms with Crippen LogP contribution in [-0.4, -0.2) is 9.71 Å². The zero-order valence-corrected chi connectivity index (χ0v) is 9.16. The highest BCUT2D eigenvalue weighted by Gasteiger charge is 2.52. The zero-order chi connectivity index (χ0) is 8.29. The first-order valence-corrected chi connectivity index (χ1v) is 6.18. The van der Waals surface area contributed by atoms with E-state index in [9.17, 15) is 4.79 Å². The highest BCUT2D eigenvalue weighted by molar-refractivity contribution is 14.1. The van der Waals surface area contributed by atoms with E-state index in [2.05, 4.69) is 22.6 Å². The van der Waals surface area contributed by atoms with Crippen LogP contribution in [0.15, 0.2) is 0 Å². The molecule has 0 amide bonds. The summed E-state index contributed by atoms with van der Waals surface area (Å²) in [5.41, 5.74) is 0. The highest BCUT2D eigenvalue weighted by Crippen LogP contribution is 2.54. The zero-order valence-electron chi connectivity index (χ0n) is 7.00. The van der Waals surface area contributed by atoms with Crippen molar-refractivity contribution in [2.24, 2.45) is 23.7 Å². The minimum Gasteiger partial charge on any atom is -0.299 e. The molecule has 4 fully saturated rings. The summed E-state index contributed by atoms with van der Waals surface area (Å²) in [5.74, 6) is 3.37. The van der Waals surface area contributed by atoms with Gasteiger partial charge in [-0.15, -0.1) is 0 Å². The van der Waals surface area contributed by atoms with Crippen LogP contribution in [0.25, 0.3) is 0 Å². The molecule has 0 saturated heterocycles. The van der Waals surface area contributed by atoms with E-state index in [1.54, 1.807) is 0 Å². The Labute approximate surface area is 86.4 Å². The minimum atomic E-state index is 0.460. The number of hydrogen-bond acceptors (Lipinski definition) is 1. The molecule has 4 saturated carbocycles. The fraction of sp³-hybridized carbons (Fsp3) is 0.900. The van der Waals surface area contributed by atoms with Crippen molar-refractivity contribution in [1.82, 2.24) is 0 Å². The lowest BCUT2D eigenvalue weighted by Gasteiger charge is -2.51. The molecular formula is C10H13IO. The largest absolute Gasteiger partial charge is 0.299 e. The van der Waals surface area contributed by atoms with E-state index in [1.807, 2.05) is 0 Å². The molecule has 0 aromatic heterocycles. The van der Waals surface area contributed by atoms with Gasteiger partial charge in [0.2, 0.25) is 0 Å². The van der Waals surface area contributed by atoms with Crippen molar-refractivity contribution >= 4 is 28.4 Å². The van der Waals surface area contributed by atoms with Crippen molar-refractivity contribution in [3.63, 3.8) is 0 Å². The van der Waals surface area contributed by atoms with Crippen molar-refractivity contribution in [1.29, 1.82) is 0 Å². The van der Waals surface area contributed by atoms with Crippen LogP contribution in [0.2, 0.25) is 0 Å². The first kappa shape index (κ1) is 7.77. The van der Waals surface area contributed by atoms with E-state index < -0.39 is 0 Å². The molecule has 12 heavy (non-hydrogen) atoms. The Balaban J connectivity index is 1.98. The summed E-state index contributed by atoms with van der Waals surface area (Å²) in [6.07, 6.45) is 5.10. The topological polar surface area (TPSA) is 17.1 Å². The normalized spacial score (nSPS) is 56.4. The van der Waals surface area contributed by atoms with Gasteiger partial charge >= 0.3 is 0 Å². The number of hydrogen-bond donors (Lipinski definition) is 0. The van der Waals surface area contributed by atoms with Gasteiger partial charge in [-0.3, -0.25) is 4.79 Å². The summed E-state index contributed by atoms with van der Waals surface area (Å²) in [4.78, 5) is 11.8. The summed E-state index contributed by atoms with van der Waals surface area (Å²) in [6.45, 7) is 0. The number of halogens is 1. The van der Waals surface area contributed by atoms with Crippen molar-refractivity contribution in [2.75, 3.05) is 0 Å². The third kappa shape index (κ3) is 0.875. The smallest absolute Gasteiger partial charge is 0.140 e. The standard InChI is InChI=1S/C10H13IO/c11-9-6-1-5-2-7(4-6)10(12)8(9)3-5/h5-9H,1-4H2/t5-,6+,7+,8-,9-/m1/s1. The highest BCUT2D eigenvalue weighted by atomic mass is 127. The van der Waals surface area contributed by atoms with E-state index in [0.717, 1.165) is 11.8 Å². The van der Waals surface area contributed by atoms with Crippen LogP contribution in [0.3, 0.4) is 0 Å².